The lowest BCUT2D eigenvalue weighted by Gasteiger charge is -2.18. The average Bonchev–Trinajstić information content (AvgIpc) is 3.19. The molecule has 0 fully saturated rings. The number of H-pyrrole nitrogens is 1. The Hall–Kier alpha value is -2.03. The molecule has 0 aliphatic carbocycles. The molecule has 1 aromatic carbocycles. The predicted molar refractivity (Wildman–Crippen MR) is 137 cm³/mol. The van der Waals surface area contributed by atoms with Crippen molar-refractivity contribution in [3.05, 3.63) is 52.5 Å². The van der Waals surface area contributed by atoms with Gasteiger partial charge >= 0.3 is 0 Å². The maximum Gasteiger partial charge on any atom is 0.191 e. The number of aromatic nitrogens is 3. The molecule has 0 aliphatic rings. The second-order valence-electron chi connectivity index (χ2n) is 7.84. The number of hydrogen-bond acceptors (Lipinski definition) is 2. The lowest BCUT2D eigenvalue weighted by Crippen LogP contribution is -2.43. The number of aryl methyl sites for hydroxylation is 3. The van der Waals surface area contributed by atoms with Gasteiger partial charge in [0.1, 0.15) is 0 Å². The fourth-order valence-corrected chi connectivity index (χ4v) is 3.88. The molecule has 0 radical (unpaired) electrons. The predicted octanol–water partition coefficient (Wildman–Crippen LogP) is 4.17. The fraction of sp³-hybridized carbons (Fsp3) is 0.478. The first-order valence-electron chi connectivity index (χ1n) is 10.5. The molecule has 1 unspecified atom stereocenters. The van der Waals surface area contributed by atoms with Crippen molar-refractivity contribution in [3.8, 4) is 0 Å². The number of benzene rings is 1. The molecule has 3 aromatic rings. The van der Waals surface area contributed by atoms with E-state index in [1.165, 1.54) is 33.3 Å². The lowest BCUT2D eigenvalue weighted by atomic mass is 10.1. The van der Waals surface area contributed by atoms with Gasteiger partial charge in [-0.1, -0.05) is 18.2 Å². The van der Waals surface area contributed by atoms with Crippen LogP contribution in [-0.2, 0) is 19.9 Å². The Labute approximate surface area is 197 Å². The fourth-order valence-electron chi connectivity index (χ4n) is 3.88. The summed E-state index contributed by atoms with van der Waals surface area (Å²) in [5.41, 5.74) is 7.48. The maximum atomic E-state index is 4.81. The van der Waals surface area contributed by atoms with Crippen LogP contribution in [-0.4, -0.2) is 39.9 Å². The van der Waals surface area contributed by atoms with E-state index in [1.54, 1.807) is 0 Å². The van der Waals surface area contributed by atoms with Crippen LogP contribution in [0.25, 0.3) is 10.9 Å². The van der Waals surface area contributed by atoms with Crippen molar-refractivity contribution in [2.45, 2.75) is 53.5 Å². The van der Waals surface area contributed by atoms with Crippen molar-refractivity contribution in [2.75, 3.05) is 13.1 Å². The topological polar surface area (TPSA) is 70.0 Å². The van der Waals surface area contributed by atoms with E-state index in [0.717, 1.165) is 37.6 Å². The molecule has 1 atom stereocenters. The van der Waals surface area contributed by atoms with Gasteiger partial charge in [-0.15, -0.1) is 24.0 Å². The molecule has 0 saturated carbocycles. The standard InChI is InChI=1S/C23H34N6.HI/c1-7-24-23(27-16(3)13-21-17(4)28-29(6)18(21)5)25-12-11-19-14-26-22-15(2)9-8-10-20(19)22;/h8-10,14,16,26H,7,11-13H2,1-6H3,(H2,24,25,27);1H. The number of guanidine groups is 1. The second-order valence-corrected chi connectivity index (χ2v) is 7.84. The van der Waals surface area contributed by atoms with Crippen molar-refractivity contribution in [3.63, 3.8) is 0 Å². The highest BCUT2D eigenvalue weighted by molar-refractivity contribution is 14.0. The largest absolute Gasteiger partial charge is 0.361 e. The van der Waals surface area contributed by atoms with E-state index in [-0.39, 0.29) is 30.0 Å². The smallest absolute Gasteiger partial charge is 0.191 e. The van der Waals surface area contributed by atoms with Crippen LogP contribution in [0.15, 0.2) is 29.4 Å². The Bertz CT molecular complexity index is 1000. The monoisotopic (exact) mass is 522 g/mol. The van der Waals surface area contributed by atoms with Gasteiger partial charge in [0.15, 0.2) is 5.96 Å². The molecule has 0 saturated heterocycles. The zero-order chi connectivity index (χ0) is 21.0. The van der Waals surface area contributed by atoms with E-state index in [9.17, 15) is 0 Å². The number of aromatic amines is 1. The molecule has 0 spiro atoms. The Kier molecular flexibility index (Phi) is 8.76. The Morgan fingerprint density at radius 3 is 2.70 bits per heavy atom. The molecular formula is C23H35IN6. The summed E-state index contributed by atoms with van der Waals surface area (Å²) >= 11 is 0. The number of aliphatic imine (C=N–C) groups is 1. The third-order valence-corrected chi connectivity index (χ3v) is 5.56. The average molecular weight is 522 g/mol. The molecule has 164 valence electrons. The molecule has 0 bridgehead atoms. The van der Waals surface area contributed by atoms with Crippen molar-refractivity contribution in [2.24, 2.45) is 12.0 Å². The molecule has 7 heteroatoms. The summed E-state index contributed by atoms with van der Waals surface area (Å²) in [6, 6.07) is 6.71. The highest BCUT2D eigenvalue weighted by Gasteiger charge is 2.14. The quantitative estimate of drug-likeness (QED) is 0.248. The van der Waals surface area contributed by atoms with E-state index in [4.69, 9.17) is 4.99 Å². The van der Waals surface area contributed by atoms with E-state index in [2.05, 4.69) is 79.7 Å². The summed E-state index contributed by atoms with van der Waals surface area (Å²) in [7, 11) is 2.00. The summed E-state index contributed by atoms with van der Waals surface area (Å²) < 4.78 is 1.96. The Morgan fingerprint density at radius 2 is 2.03 bits per heavy atom. The Morgan fingerprint density at radius 1 is 1.27 bits per heavy atom. The van der Waals surface area contributed by atoms with Crippen molar-refractivity contribution in [1.29, 1.82) is 0 Å². The Balaban J connectivity index is 0.00000320. The maximum absolute atomic E-state index is 4.81. The van der Waals surface area contributed by atoms with Gasteiger partial charge in [-0.25, -0.2) is 0 Å². The number of hydrogen-bond donors (Lipinski definition) is 3. The van der Waals surface area contributed by atoms with Crippen molar-refractivity contribution >= 4 is 40.8 Å². The first kappa shape index (κ1) is 24.2. The minimum atomic E-state index is 0. The van der Waals surface area contributed by atoms with E-state index in [0.29, 0.717) is 0 Å². The van der Waals surface area contributed by atoms with Gasteiger partial charge in [0.25, 0.3) is 0 Å². The molecule has 2 aromatic heterocycles. The van der Waals surface area contributed by atoms with Crippen LogP contribution in [0.2, 0.25) is 0 Å². The first-order chi connectivity index (χ1) is 13.9. The minimum absolute atomic E-state index is 0. The lowest BCUT2D eigenvalue weighted by molar-refractivity contribution is 0.636. The summed E-state index contributed by atoms with van der Waals surface area (Å²) in [4.78, 5) is 8.21. The number of nitrogens with one attached hydrogen (secondary N) is 3. The summed E-state index contributed by atoms with van der Waals surface area (Å²) in [6.45, 7) is 12.2. The van der Waals surface area contributed by atoms with E-state index in [1.807, 2.05) is 11.7 Å². The van der Waals surface area contributed by atoms with Gasteiger partial charge in [-0.3, -0.25) is 9.67 Å². The normalized spacial score (nSPS) is 12.7. The molecule has 3 rings (SSSR count). The molecule has 6 nitrogen and oxygen atoms in total. The van der Waals surface area contributed by atoms with Gasteiger partial charge in [-0.2, -0.15) is 5.10 Å². The molecule has 3 N–H and O–H groups in total. The minimum Gasteiger partial charge on any atom is -0.361 e. The number of fused-ring (bicyclic) bond motifs is 1. The van der Waals surface area contributed by atoms with Crippen LogP contribution in [0.3, 0.4) is 0 Å². The third kappa shape index (κ3) is 5.56. The highest BCUT2D eigenvalue weighted by Crippen LogP contribution is 2.21. The molecule has 0 amide bonds. The molecule has 0 aliphatic heterocycles. The third-order valence-electron chi connectivity index (χ3n) is 5.56. The molecule has 30 heavy (non-hydrogen) atoms. The van der Waals surface area contributed by atoms with Crippen molar-refractivity contribution in [1.82, 2.24) is 25.4 Å². The SMILES string of the molecule is CCNC(=NCCc1c[nH]c2c(C)cccc12)NC(C)Cc1c(C)nn(C)c1C.I. The highest BCUT2D eigenvalue weighted by atomic mass is 127. The van der Waals surface area contributed by atoms with Gasteiger partial charge in [0, 0.05) is 49.0 Å². The van der Waals surface area contributed by atoms with Crippen LogP contribution in [0, 0.1) is 20.8 Å². The van der Waals surface area contributed by atoms with E-state index < -0.39 is 0 Å². The van der Waals surface area contributed by atoms with Gasteiger partial charge in [-0.05, 0) is 64.2 Å². The zero-order valence-corrected chi connectivity index (χ0v) is 21.3. The molecular weight excluding hydrogens is 487 g/mol. The zero-order valence-electron chi connectivity index (χ0n) is 19.0. The van der Waals surface area contributed by atoms with Crippen molar-refractivity contribution < 1.29 is 0 Å². The van der Waals surface area contributed by atoms with Gasteiger partial charge in [0.05, 0.1) is 5.69 Å². The molecule has 2 heterocycles. The van der Waals surface area contributed by atoms with Gasteiger partial charge in [0.2, 0.25) is 0 Å². The van der Waals surface area contributed by atoms with Gasteiger partial charge < -0.3 is 15.6 Å². The van der Waals surface area contributed by atoms with E-state index >= 15 is 0 Å². The summed E-state index contributed by atoms with van der Waals surface area (Å²) in [5, 5.41) is 12.7. The van der Waals surface area contributed by atoms with Crippen LogP contribution in [0.4, 0.5) is 0 Å². The number of para-hydroxylation sites is 1. The number of rotatable bonds is 7. The van der Waals surface area contributed by atoms with Crippen LogP contribution in [0.1, 0.15) is 41.9 Å². The number of halogens is 1. The first-order valence-corrected chi connectivity index (χ1v) is 10.5. The summed E-state index contributed by atoms with van der Waals surface area (Å²) in [5.74, 6) is 0.871. The van der Waals surface area contributed by atoms with Crippen LogP contribution >= 0.6 is 24.0 Å². The van der Waals surface area contributed by atoms with Crippen LogP contribution in [0.5, 0.6) is 0 Å². The number of nitrogens with zero attached hydrogens (tertiary/aromatic N) is 3. The second kappa shape index (κ2) is 10.8. The summed E-state index contributed by atoms with van der Waals surface area (Å²) in [6.07, 6.45) is 3.96. The van der Waals surface area contributed by atoms with Crippen LogP contribution < -0.4 is 10.6 Å².